The Hall–Kier alpha value is -2.11. The molecule has 1 aliphatic carbocycles. The molecule has 0 bridgehead atoms. The van der Waals surface area contributed by atoms with Crippen molar-refractivity contribution in [3.63, 3.8) is 0 Å². The van der Waals surface area contributed by atoms with E-state index in [4.69, 9.17) is 4.74 Å². The standard InChI is InChI=1S/C27H38N2O3/c1-6-22-17(2)28-24-13-18-11-12-29(15-23(18)26(31)25(22)24)14-20(30)16-32-21-9-7-19(8-10-21)27(3,4)5/h7-10,18,20,23,28,30H,6,11-16H2,1-5H3/t18-,20?,23+/m0/s1. The number of ether oxygens (including phenoxy) is 1. The number of rotatable bonds is 6. The lowest BCUT2D eigenvalue weighted by Crippen LogP contribution is -2.49. The number of nitrogens with zero attached hydrogens (tertiary/aromatic N) is 1. The minimum Gasteiger partial charge on any atom is -0.491 e. The predicted octanol–water partition coefficient (Wildman–Crippen LogP) is 4.30. The van der Waals surface area contributed by atoms with Gasteiger partial charge in [-0.3, -0.25) is 9.69 Å². The van der Waals surface area contributed by atoms with E-state index in [9.17, 15) is 9.90 Å². The van der Waals surface area contributed by atoms with Crippen LogP contribution in [0.2, 0.25) is 0 Å². The van der Waals surface area contributed by atoms with E-state index in [0.29, 0.717) is 18.2 Å². The van der Waals surface area contributed by atoms with Gasteiger partial charge in [-0.1, -0.05) is 39.8 Å². The smallest absolute Gasteiger partial charge is 0.169 e. The fourth-order valence-electron chi connectivity index (χ4n) is 5.44. The summed E-state index contributed by atoms with van der Waals surface area (Å²) in [5.41, 5.74) is 5.80. The fraction of sp³-hybridized carbons (Fsp3) is 0.593. The van der Waals surface area contributed by atoms with Gasteiger partial charge in [0.05, 0.1) is 0 Å². The lowest BCUT2D eigenvalue weighted by molar-refractivity contribution is 0.0338. The first-order chi connectivity index (χ1) is 15.2. The average Bonchev–Trinajstić information content (AvgIpc) is 3.07. The highest BCUT2D eigenvalue weighted by atomic mass is 16.5. The molecule has 1 fully saturated rings. The van der Waals surface area contributed by atoms with Gasteiger partial charge < -0.3 is 14.8 Å². The number of β-amino-alcohol motifs (C(OH)–C–C–N with tert-alkyl or cyclic N) is 1. The number of aromatic nitrogens is 1. The molecule has 4 rings (SSSR count). The molecule has 32 heavy (non-hydrogen) atoms. The topological polar surface area (TPSA) is 65.6 Å². The number of hydrogen-bond donors (Lipinski definition) is 2. The number of aliphatic hydroxyl groups is 1. The SMILES string of the molecule is CCc1c(C)[nH]c2c1C(=O)[C@@H]1CN(CC(O)COc3ccc(C(C)(C)C)cc3)CC[C@H]1C2. The second kappa shape index (κ2) is 9.03. The molecule has 0 saturated carbocycles. The minimum atomic E-state index is -0.580. The molecule has 1 aromatic heterocycles. The number of H-pyrrole nitrogens is 1. The second-order valence-corrected chi connectivity index (χ2v) is 10.7. The van der Waals surface area contributed by atoms with Gasteiger partial charge in [0.25, 0.3) is 0 Å². The number of Topliss-reactive ketones (excluding diaryl/α,β-unsaturated/α-hetero) is 1. The maximum atomic E-state index is 13.4. The molecule has 1 unspecified atom stereocenters. The molecule has 1 aliphatic heterocycles. The van der Waals surface area contributed by atoms with Crippen molar-refractivity contribution in [3.05, 3.63) is 52.3 Å². The number of aliphatic hydroxyl groups excluding tert-OH is 1. The maximum absolute atomic E-state index is 13.4. The zero-order valence-corrected chi connectivity index (χ0v) is 20.2. The third-order valence-corrected chi connectivity index (χ3v) is 7.27. The monoisotopic (exact) mass is 438 g/mol. The Bertz CT molecular complexity index is 955. The lowest BCUT2D eigenvalue weighted by Gasteiger charge is -2.40. The number of piperidine rings is 1. The quantitative estimate of drug-likeness (QED) is 0.706. The van der Waals surface area contributed by atoms with Crippen LogP contribution in [0.5, 0.6) is 5.75 Å². The zero-order chi connectivity index (χ0) is 23.0. The highest BCUT2D eigenvalue weighted by molar-refractivity contribution is 6.02. The number of likely N-dealkylation sites (tertiary alicyclic amines) is 1. The Morgan fingerprint density at radius 2 is 1.97 bits per heavy atom. The molecular weight excluding hydrogens is 400 g/mol. The van der Waals surface area contributed by atoms with Gasteiger partial charge in [-0.2, -0.15) is 0 Å². The van der Waals surface area contributed by atoms with E-state index in [0.717, 1.165) is 55.1 Å². The van der Waals surface area contributed by atoms with Crippen LogP contribution < -0.4 is 4.74 Å². The summed E-state index contributed by atoms with van der Waals surface area (Å²) in [6.07, 6.45) is 2.27. The van der Waals surface area contributed by atoms with Gasteiger partial charge in [0, 0.05) is 36.0 Å². The predicted molar refractivity (Wildman–Crippen MR) is 128 cm³/mol. The summed E-state index contributed by atoms with van der Waals surface area (Å²) in [4.78, 5) is 19.1. The van der Waals surface area contributed by atoms with Crippen molar-refractivity contribution in [1.82, 2.24) is 9.88 Å². The molecule has 1 aromatic carbocycles. The molecule has 2 aromatic rings. The molecule has 0 radical (unpaired) electrons. The molecule has 2 heterocycles. The number of fused-ring (bicyclic) bond motifs is 2. The van der Waals surface area contributed by atoms with E-state index >= 15 is 0 Å². The van der Waals surface area contributed by atoms with Crippen LogP contribution in [0.1, 0.15) is 67.0 Å². The van der Waals surface area contributed by atoms with Crippen molar-refractivity contribution in [3.8, 4) is 5.75 Å². The van der Waals surface area contributed by atoms with Crippen molar-refractivity contribution in [2.24, 2.45) is 11.8 Å². The van der Waals surface area contributed by atoms with Crippen molar-refractivity contribution in [2.45, 2.75) is 65.4 Å². The number of carbonyl (C=O) groups is 1. The Balaban J connectivity index is 1.33. The number of carbonyl (C=O) groups excluding carboxylic acids is 1. The minimum absolute atomic E-state index is 0.0369. The van der Waals surface area contributed by atoms with E-state index < -0.39 is 6.10 Å². The first-order valence-electron chi connectivity index (χ1n) is 12.1. The summed E-state index contributed by atoms with van der Waals surface area (Å²) >= 11 is 0. The van der Waals surface area contributed by atoms with Crippen LogP contribution in [0.15, 0.2) is 24.3 Å². The largest absolute Gasteiger partial charge is 0.491 e. The van der Waals surface area contributed by atoms with Crippen molar-refractivity contribution < 1.29 is 14.6 Å². The number of benzene rings is 1. The number of nitrogens with one attached hydrogen (secondary N) is 1. The van der Waals surface area contributed by atoms with E-state index in [1.807, 2.05) is 12.1 Å². The molecular formula is C27H38N2O3. The first kappa shape index (κ1) is 23.1. The molecule has 3 atom stereocenters. The van der Waals surface area contributed by atoms with Gasteiger partial charge in [0.2, 0.25) is 0 Å². The number of aromatic amines is 1. The molecule has 1 saturated heterocycles. The summed E-state index contributed by atoms with van der Waals surface area (Å²) in [6.45, 7) is 13.2. The summed E-state index contributed by atoms with van der Waals surface area (Å²) in [5.74, 6) is 1.52. The van der Waals surface area contributed by atoms with Crippen LogP contribution in [-0.4, -0.2) is 53.1 Å². The molecule has 5 heteroatoms. The molecule has 0 spiro atoms. The zero-order valence-electron chi connectivity index (χ0n) is 20.2. The Morgan fingerprint density at radius 1 is 1.25 bits per heavy atom. The van der Waals surface area contributed by atoms with Crippen molar-refractivity contribution >= 4 is 5.78 Å². The van der Waals surface area contributed by atoms with Crippen LogP contribution in [0.25, 0.3) is 0 Å². The van der Waals surface area contributed by atoms with Crippen LogP contribution >= 0.6 is 0 Å². The highest BCUT2D eigenvalue weighted by Crippen LogP contribution is 2.38. The summed E-state index contributed by atoms with van der Waals surface area (Å²) in [6, 6.07) is 8.12. The lowest BCUT2D eigenvalue weighted by atomic mass is 9.72. The van der Waals surface area contributed by atoms with Gasteiger partial charge in [-0.15, -0.1) is 0 Å². The maximum Gasteiger partial charge on any atom is 0.169 e. The first-order valence-corrected chi connectivity index (χ1v) is 12.1. The van der Waals surface area contributed by atoms with Gasteiger partial charge in [0.1, 0.15) is 18.5 Å². The van der Waals surface area contributed by atoms with E-state index in [2.05, 4.69) is 56.6 Å². The van der Waals surface area contributed by atoms with Crippen LogP contribution in [0.3, 0.4) is 0 Å². The molecule has 0 amide bonds. The summed E-state index contributed by atoms with van der Waals surface area (Å²) in [7, 11) is 0. The Kier molecular flexibility index (Phi) is 6.51. The third kappa shape index (κ3) is 4.65. The fourth-order valence-corrected chi connectivity index (χ4v) is 5.44. The Labute approximate surface area is 192 Å². The van der Waals surface area contributed by atoms with Crippen LogP contribution in [-0.2, 0) is 18.3 Å². The van der Waals surface area contributed by atoms with Gasteiger partial charge >= 0.3 is 0 Å². The summed E-state index contributed by atoms with van der Waals surface area (Å²) < 4.78 is 5.84. The van der Waals surface area contributed by atoms with Gasteiger partial charge in [0.15, 0.2) is 5.78 Å². The number of aryl methyl sites for hydroxylation is 1. The molecule has 2 N–H and O–H groups in total. The number of ketones is 1. The van der Waals surface area contributed by atoms with Gasteiger partial charge in [-0.25, -0.2) is 0 Å². The second-order valence-electron chi connectivity index (χ2n) is 10.7. The molecule has 2 aliphatic rings. The number of hydrogen-bond acceptors (Lipinski definition) is 4. The summed E-state index contributed by atoms with van der Waals surface area (Å²) in [5, 5.41) is 10.6. The molecule has 174 valence electrons. The Morgan fingerprint density at radius 3 is 2.62 bits per heavy atom. The van der Waals surface area contributed by atoms with Crippen LogP contribution in [0, 0.1) is 18.8 Å². The van der Waals surface area contributed by atoms with Crippen molar-refractivity contribution in [2.75, 3.05) is 26.2 Å². The van der Waals surface area contributed by atoms with E-state index in [1.165, 1.54) is 11.1 Å². The highest BCUT2D eigenvalue weighted by Gasteiger charge is 2.41. The molecule has 5 nitrogen and oxygen atoms in total. The average molecular weight is 439 g/mol. The van der Waals surface area contributed by atoms with Crippen LogP contribution in [0.4, 0.5) is 0 Å². The van der Waals surface area contributed by atoms with Crippen molar-refractivity contribution in [1.29, 1.82) is 0 Å². The van der Waals surface area contributed by atoms with E-state index in [1.54, 1.807) is 0 Å². The normalized spacial score (nSPS) is 22.4. The van der Waals surface area contributed by atoms with Gasteiger partial charge in [-0.05, 0) is 67.3 Å². The third-order valence-electron chi connectivity index (χ3n) is 7.27. The van der Waals surface area contributed by atoms with E-state index in [-0.39, 0.29) is 17.9 Å².